The molecule has 5 N–H and O–H groups in total. The number of amides is 2. The van der Waals surface area contributed by atoms with E-state index in [0.29, 0.717) is 12.0 Å². The van der Waals surface area contributed by atoms with Crippen molar-refractivity contribution < 1.29 is 82.7 Å². The average Bonchev–Trinajstić information content (AvgIpc) is 3.51. The van der Waals surface area contributed by atoms with Crippen molar-refractivity contribution in [3.63, 3.8) is 0 Å². The molecule has 1 saturated carbocycles. The maximum absolute atomic E-state index is 13.3. The van der Waals surface area contributed by atoms with E-state index in [1.807, 2.05) is 13.0 Å². The van der Waals surface area contributed by atoms with Gasteiger partial charge in [-0.05, 0) is 61.8 Å². The third kappa shape index (κ3) is 18.2. The Morgan fingerprint density at radius 2 is 1.12 bits per heavy atom. The molecule has 1 aliphatic carbocycles. The average molecular weight is 893 g/mol. The quantitative estimate of drug-likeness (QED) is 0.0338. The zero-order valence-corrected chi connectivity index (χ0v) is 35.3. The lowest BCUT2D eigenvalue weighted by Gasteiger charge is -2.24. The number of carboxylic acid groups (broad SMARTS) is 4. The number of aliphatic carboxylic acids is 4. The molecule has 0 heterocycles. The van der Waals surface area contributed by atoms with Crippen LogP contribution in [0.1, 0.15) is 120 Å². The molecule has 2 amide bonds. The fourth-order valence-corrected chi connectivity index (χ4v) is 7.39. The van der Waals surface area contributed by atoms with E-state index in [1.165, 1.54) is 18.2 Å². The third-order valence-electron chi connectivity index (χ3n) is 10.3. The van der Waals surface area contributed by atoms with Gasteiger partial charge >= 0.3 is 29.8 Å². The van der Waals surface area contributed by atoms with Crippen molar-refractivity contribution in [1.29, 1.82) is 0 Å². The van der Waals surface area contributed by atoms with E-state index < -0.39 is 153 Å². The van der Waals surface area contributed by atoms with Gasteiger partial charge in [0.15, 0.2) is 17.3 Å². The number of ether oxygens (including phenoxy) is 1. The Bertz CT molecular complexity index is 2110. The van der Waals surface area contributed by atoms with E-state index >= 15 is 0 Å². The van der Waals surface area contributed by atoms with E-state index in [4.69, 9.17) is 4.74 Å². The molecule has 0 radical (unpaired) electrons. The highest BCUT2D eigenvalue weighted by Crippen LogP contribution is 2.26. The van der Waals surface area contributed by atoms with Gasteiger partial charge in [0, 0.05) is 94.8 Å². The summed E-state index contributed by atoms with van der Waals surface area (Å²) in [4.78, 5) is 150. The smallest absolute Gasteiger partial charge is 0.339 e. The molecular formula is C45H52N2O17. The predicted octanol–water partition coefficient (Wildman–Crippen LogP) is 3.51. The summed E-state index contributed by atoms with van der Waals surface area (Å²) in [6.07, 6.45) is -6.14. The fourth-order valence-electron chi connectivity index (χ4n) is 7.39. The highest BCUT2D eigenvalue weighted by atomic mass is 16.6. The van der Waals surface area contributed by atoms with Crippen molar-refractivity contribution in [2.24, 2.45) is 17.8 Å². The molecule has 1 fully saturated rings. The third-order valence-corrected chi connectivity index (χ3v) is 10.3. The van der Waals surface area contributed by atoms with Gasteiger partial charge < -0.3 is 35.4 Å². The number of aryl methyl sites for hydroxylation is 1. The molecular weight excluding hydrogens is 840 g/mol. The van der Waals surface area contributed by atoms with Crippen molar-refractivity contribution >= 4 is 70.6 Å². The Morgan fingerprint density at radius 3 is 1.66 bits per heavy atom. The molecule has 64 heavy (non-hydrogen) atoms. The van der Waals surface area contributed by atoms with Gasteiger partial charge in [0.25, 0.3) is 5.91 Å². The number of unbranched alkanes of at least 4 members (excludes halogenated alkanes) is 1. The van der Waals surface area contributed by atoms with Crippen LogP contribution in [0.5, 0.6) is 0 Å². The molecule has 19 heteroatoms. The summed E-state index contributed by atoms with van der Waals surface area (Å²) >= 11 is 0. The second-order valence-corrected chi connectivity index (χ2v) is 16.0. The van der Waals surface area contributed by atoms with Gasteiger partial charge in [0.1, 0.15) is 18.1 Å². The minimum Gasteiger partial charge on any atom is -0.481 e. The minimum atomic E-state index is -1.55. The molecule has 19 nitrogen and oxygen atoms in total. The van der Waals surface area contributed by atoms with Crippen LogP contribution in [0.2, 0.25) is 0 Å². The minimum absolute atomic E-state index is 0.0514. The summed E-state index contributed by atoms with van der Waals surface area (Å²) in [5, 5.41) is 40.8. The number of rotatable bonds is 29. The van der Waals surface area contributed by atoms with Crippen LogP contribution < -0.4 is 5.32 Å². The molecule has 3 rings (SSSR count). The maximum Gasteiger partial charge on any atom is 0.339 e. The molecule has 2 aromatic rings. The van der Waals surface area contributed by atoms with Crippen LogP contribution in [0, 0.1) is 24.7 Å². The summed E-state index contributed by atoms with van der Waals surface area (Å²) in [5.41, 5.74) is 1.13. The highest BCUT2D eigenvalue weighted by Gasteiger charge is 2.36. The van der Waals surface area contributed by atoms with Gasteiger partial charge in [-0.2, -0.15) is 0 Å². The number of ketones is 5. The van der Waals surface area contributed by atoms with Gasteiger partial charge in [-0.15, -0.1) is 0 Å². The number of carbonyl (C=O) groups is 12. The summed E-state index contributed by atoms with van der Waals surface area (Å²) < 4.78 is 5.04. The summed E-state index contributed by atoms with van der Waals surface area (Å²) in [6.45, 7) is 1.29. The number of hydrogen-bond donors (Lipinski definition) is 5. The Hall–Kier alpha value is -6.92. The summed E-state index contributed by atoms with van der Waals surface area (Å²) in [6, 6.07) is 12.0. The standard InChI is InChI=1S/C45H52N2O17/c1-26-6-4-8-31(14-26)44(62)46-12-2-3-13-47(25-42(60)61)38(53)20-29(23-41(58)59)18-34(49)16-27(21-39(54)55)15-33(48)17-28(22-40(56)57)19-37(52)30-7-5-9-32(24-30)45(63)64-43-35(50)10-11-36(43)51/h4-9,14,24,27-29,43H,2-3,10-13,15-23,25H2,1H3,(H,46,62)(H,54,55)(H,56,57)(H,58,59)(H,60,61)/t27-,28+,29-/m1/s1. The van der Waals surface area contributed by atoms with Crippen LogP contribution in [0.25, 0.3) is 0 Å². The molecule has 0 unspecified atom stereocenters. The van der Waals surface area contributed by atoms with E-state index in [0.717, 1.165) is 16.5 Å². The first-order valence-corrected chi connectivity index (χ1v) is 20.6. The lowest BCUT2D eigenvalue weighted by atomic mass is 9.84. The van der Waals surface area contributed by atoms with Crippen LogP contribution in [0.3, 0.4) is 0 Å². The van der Waals surface area contributed by atoms with Crippen LogP contribution in [-0.2, 0) is 47.9 Å². The Labute approximate surface area is 367 Å². The Kier molecular flexibility index (Phi) is 20.3. The number of benzene rings is 2. The van der Waals surface area contributed by atoms with Gasteiger partial charge in [0.2, 0.25) is 12.0 Å². The van der Waals surface area contributed by atoms with Crippen LogP contribution in [0.15, 0.2) is 48.5 Å². The Morgan fingerprint density at radius 1 is 0.625 bits per heavy atom. The molecule has 0 saturated heterocycles. The van der Waals surface area contributed by atoms with Gasteiger partial charge in [-0.25, -0.2) is 4.79 Å². The van der Waals surface area contributed by atoms with E-state index in [9.17, 15) is 78.0 Å². The zero-order valence-electron chi connectivity index (χ0n) is 35.3. The lowest BCUT2D eigenvalue weighted by molar-refractivity contribution is -0.146. The molecule has 0 aliphatic heterocycles. The molecule has 1 aliphatic rings. The first-order chi connectivity index (χ1) is 30.2. The fraction of sp³-hybridized carbons (Fsp3) is 0.467. The number of carboxylic acids is 4. The number of nitrogens with one attached hydrogen (secondary N) is 1. The van der Waals surface area contributed by atoms with Crippen molar-refractivity contribution in [2.45, 2.75) is 96.5 Å². The van der Waals surface area contributed by atoms with Crippen molar-refractivity contribution in [2.75, 3.05) is 19.6 Å². The van der Waals surface area contributed by atoms with Gasteiger partial charge in [-0.1, -0.05) is 29.8 Å². The first kappa shape index (κ1) is 51.4. The SMILES string of the molecule is Cc1cccc(C(=O)NCCCCN(CC(=O)O)C(=O)C[C@H](CC(=O)O)CC(=O)C[C@H](CC(=O)O)CC(=O)C[C@H](CC(=O)O)CC(=O)c2cccc(C(=O)OC3C(=O)CCC3=O)c2)c1. The number of Topliss-reactive ketones (excluding diaryl/α,β-unsaturated/α-hetero) is 5. The summed E-state index contributed by atoms with van der Waals surface area (Å²) in [7, 11) is 0. The number of esters is 1. The number of carbonyl (C=O) groups excluding carboxylic acids is 8. The monoisotopic (exact) mass is 892 g/mol. The predicted molar refractivity (Wildman–Crippen MR) is 221 cm³/mol. The zero-order chi connectivity index (χ0) is 47.5. The van der Waals surface area contributed by atoms with Crippen LogP contribution in [0.4, 0.5) is 0 Å². The lowest BCUT2D eigenvalue weighted by Crippen LogP contribution is -2.38. The van der Waals surface area contributed by atoms with Crippen molar-refractivity contribution in [3.8, 4) is 0 Å². The summed E-state index contributed by atoms with van der Waals surface area (Å²) in [5.74, 6) is -14.0. The van der Waals surface area contributed by atoms with Gasteiger partial charge in [-0.3, -0.25) is 52.7 Å². The first-order valence-electron chi connectivity index (χ1n) is 20.6. The maximum atomic E-state index is 13.3. The molecule has 0 spiro atoms. The van der Waals surface area contributed by atoms with E-state index in [-0.39, 0.29) is 49.4 Å². The molecule has 344 valence electrons. The molecule has 0 bridgehead atoms. The van der Waals surface area contributed by atoms with Crippen LogP contribution >= 0.6 is 0 Å². The number of hydrogen-bond acceptors (Lipinski definition) is 13. The molecule has 0 aromatic heterocycles. The van der Waals surface area contributed by atoms with Gasteiger partial charge in [0.05, 0.1) is 5.56 Å². The van der Waals surface area contributed by atoms with Crippen LogP contribution in [-0.4, -0.2) is 122 Å². The van der Waals surface area contributed by atoms with Crippen molar-refractivity contribution in [3.05, 3.63) is 70.8 Å². The van der Waals surface area contributed by atoms with E-state index in [1.54, 1.807) is 18.2 Å². The second-order valence-electron chi connectivity index (χ2n) is 16.0. The second kappa shape index (κ2) is 25.3. The highest BCUT2D eigenvalue weighted by molar-refractivity contribution is 6.13. The molecule has 2 aromatic carbocycles. The normalized spacial score (nSPS) is 13.9. The largest absolute Gasteiger partial charge is 0.481 e. The number of nitrogens with zero attached hydrogens (tertiary/aromatic N) is 1. The Balaban J connectivity index is 1.61. The topological polar surface area (TPSA) is 310 Å². The van der Waals surface area contributed by atoms with E-state index in [2.05, 4.69) is 5.32 Å². The molecule has 3 atom stereocenters. The van der Waals surface area contributed by atoms with Crippen molar-refractivity contribution in [1.82, 2.24) is 10.2 Å².